The highest BCUT2D eigenvalue weighted by molar-refractivity contribution is 9.10. The molecule has 3 heterocycles. The Bertz CT molecular complexity index is 785. The van der Waals surface area contributed by atoms with Crippen LogP contribution in [0.4, 0.5) is 5.95 Å². The number of ether oxygens (including phenoxy) is 1. The van der Waals surface area contributed by atoms with Gasteiger partial charge in [-0.05, 0) is 40.2 Å². The molecule has 26 heavy (non-hydrogen) atoms. The number of rotatable bonds is 5. The van der Waals surface area contributed by atoms with E-state index >= 15 is 0 Å². The second-order valence-electron chi connectivity index (χ2n) is 5.50. The number of esters is 1. The first-order valence-electron chi connectivity index (χ1n) is 8.02. The molecule has 1 fully saturated rings. The predicted octanol–water partition coefficient (Wildman–Crippen LogP) is 1.74. The van der Waals surface area contributed by atoms with Crippen LogP contribution >= 0.6 is 15.9 Å². The molecule has 0 bridgehead atoms. The lowest BCUT2D eigenvalue weighted by molar-refractivity contribution is -0.148. The van der Waals surface area contributed by atoms with Crippen LogP contribution in [-0.2, 0) is 14.3 Å². The summed E-state index contributed by atoms with van der Waals surface area (Å²) < 4.78 is 10.8. The largest absolute Gasteiger partial charge is 0.452 e. The molecule has 2 aromatic heterocycles. The van der Waals surface area contributed by atoms with Crippen LogP contribution in [0.1, 0.15) is 5.76 Å². The molecule has 1 amide bonds. The molecule has 0 spiro atoms. The molecular weight excluding hydrogens is 404 g/mol. The molecule has 0 aromatic carbocycles. The number of piperazine rings is 1. The van der Waals surface area contributed by atoms with Crippen LogP contribution in [0.15, 0.2) is 45.8 Å². The van der Waals surface area contributed by atoms with Gasteiger partial charge in [-0.2, -0.15) is 0 Å². The second-order valence-corrected chi connectivity index (χ2v) is 6.28. The van der Waals surface area contributed by atoms with Gasteiger partial charge in [-0.3, -0.25) is 4.79 Å². The van der Waals surface area contributed by atoms with E-state index in [1.54, 1.807) is 35.5 Å². The summed E-state index contributed by atoms with van der Waals surface area (Å²) in [5.74, 6) is 0.350. The topological polar surface area (TPSA) is 88.8 Å². The number of nitrogens with zero attached hydrogens (tertiary/aromatic N) is 4. The summed E-state index contributed by atoms with van der Waals surface area (Å²) in [5, 5.41) is 0. The number of hydrogen-bond acceptors (Lipinski definition) is 7. The van der Waals surface area contributed by atoms with Crippen molar-refractivity contribution in [3.05, 3.63) is 47.1 Å². The van der Waals surface area contributed by atoms with Crippen LogP contribution in [0, 0.1) is 0 Å². The average Bonchev–Trinajstić information content (AvgIpc) is 3.10. The summed E-state index contributed by atoms with van der Waals surface area (Å²) >= 11 is 3.17. The number of furan rings is 1. The van der Waals surface area contributed by atoms with Crippen molar-refractivity contribution >= 4 is 39.8 Å². The SMILES string of the molecule is O=C(/C=C/c1ccc(Br)o1)OCC(=O)N1CCN(c2ncccn2)CC1. The van der Waals surface area contributed by atoms with Crippen molar-refractivity contribution in [2.45, 2.75) is 0 Å². The first kappa shape index (κ1) is 18.1. The maximum Gasteiger partial charge on any atom is 0.331 e. The minimum absolute atomic E-state index is 0.221. The predicted molar refractivity (Wildman–Crippen MR) is 97.2 cm³/mol. The van der Waals surface area contributed by atoms with Gasteiger partial charge in [0.1, 0.15) is 5.76 Å². The third-order valence-electron chi connectivity index (χ3n) is 3.78. The molecule has 0 N–H and O–H groups in total. The van der Waals surface area contributed by atoms with Crippen molar-refractivity contribution in [1.29, 1.82) is 0 Å². The zero-order valence-electron chi connectivity index (χ0n) is 13.9. The fourth-order valence-corrected chi connectivity index (χ4v) is 2.77. The minimum Gasteiger partial charge on any atom is -0.452 e. The molecule has 8 nitrogen and oxygen atoms in total. The first-order chi connectivity index (χ1) is 12.6. The summed E-state index contributed by atoms with van der Waals surface area (Å²) in [6, 6.07) is 5.18. The highest BCUT2D eigenvalue weighted by Crippen LogP contribution is 2.15. The van der Waals surface area contributed by atoms with Crippen molar-refractivity contribution in [3.63, 3.8) is 0 Å². The lowest BCUT2D eigenvalue weighted by Crippen LogP contribution is -2.50. The van der Waals surface area contributed by atoms with Crippen LogP contribution in [0.3, 0.4) is 0 Å². The van der Waals surface area contributed by atoms with E-state index in [0.29, 0.717) is 42.6 Å². The lowest BCUT2D eigenvalue weighted by Gasteiger charge is -2.34. The van der Waals surface area contributed by atoms with Gasteiger partial charge in [0, 0.05) is 44.6 Å². The van der Waals surface area contributed by atoms with E-state index in [2.05, 4.69) is 25.9 Å². The zero-order chi connectivity index (χ0) is 18.4. The number of carbonyl (C=O) groups excluding carboxylic acids is 2. The van der Waals surface area contributed by atoms with Gasteiger partial charge in [-0.1, -0.05) is 0 Å². The maximum atomic E-state index is 12.2. The molecule has 3 rings (SSSR count). The molecule has 0 aliphatic carbocycles. The monoisotopic (exact) mass is 420 g/mol. The molecule has 1 saturated heterocycles. The van der Waals surface area contributed by atoms with E-state index < -0.39 is 5.97 Å². The van der Waals surface area contributed by atoms with Gasteiger partial charge in [0.2, 0.25) is 5.95 Å². The fourth-order valence-electron chi connectivity index (χ4n) is 2.45. The van der Waals surface area contributed by atoms with E-state index in [-0.39, 0.29) is 12.5 Å². The molecule has 0 atom stereocenters. The Morgan fingerprint density at radius 2 is 1.92 bits per heavy atom. The normalized spacial score (nSPS) is 14.7. The van der Waals surface area contributed by atoms with Crippen LogP contribution in [0.5, 0.6) is 0 Å². The summed E-state index contributed by atoms with van der Waals surface area (Å²) in [4.78, 5) is 35.9. The first-order valence-corrected chi connectivity index (χ1v) is 8.81. The number of hydrogen-bond donors (Lipinski definition) is 0. The summed E-state index contributed by atoms with van der Waals surface area (Å²) in [5.41, 5.74) is 0. The molecule has 136 valence electrons. The summed E-state index contributed by atoms with van der Waals surface area (Å²) in [6.07, 6.45) is 6.09. The summed E-state index contributed by atoms with van der Waals surface area (Å²) in [6.45, 7) is 2.05. The Morgan fingerprint density at radius 1 is 1.19 bits per heavy atom. The van der Waals surface area contributed by atoms with E-state index in [9.17, 15) is 9.59 Å². The number of anilines is 1. The second kappa shape index (κ2) is 8.61. The molecule has 0 radical (unpaired) electrons. The van der Waals surface area contributed by atoms with Crippen LogP contribution in [-0.4, -0.2) is 59.5 Å². The van der Waals surface area contributed by atoms with Gasteiger partial charge in [-0.15, -0.1) is 0 Å². The Hall–Kier alpha value is -2.68. The molecular formula is C17H17BrN4O4. The minimum atomic E-state index is -0.595. The third-order valence-corrected chi connectivity index (χ3v) is 4.21. The lowest BCUT2D eigenvalue weighted by atomic mass is 10.3. The molecule has 0 unspecified atom stereocenters. The Kier molecular flexibility index (Phi) is 6.00. The Labute approximate surface area is 158 Å². The molecule has 0 saturated carbocycles. The van der Waals surface area contributed by atoms with Crippen LogP contribution < -0.4 is 4.90 Å². The quantitative estimate of drug-likeness (QED) is 0.537. The Morgan fingerprint density at radius 3 is 2.58 bits per heavy atom. The van der Waals surface area contributed by atoms with Gasteiger partial charge < -0.3 is 19.0 Å². The van der Waals surface area contributed by atoms with Crippen molar-refractivity contribution < 1.29 is 18.7 Å². The number of halogens is 1. The maximum absolute atomic E-state index is 12.2. The molecule has 1 aliphatic heterocycles. The van der Waals surface area contributed by atoms with Gasteiger partial charge >= 0.3 is 5.97 Å². The zero-order valence-corrected chi connectivity index (χ0v) is 15.5. The van der Waals surface area contributed by atoms with Crippen molar-refractivity contribution in [2.75, 3.05) is 37.7 Å². The molecule has 9 heteroatoms. The average molecular weight is 421 g/mol. The molecule has 1 aliphatic rings. The van der Waals surface area contributed by atoms with Crippen molar-refractivity contribution in [2.24, 2.45) is 0 Å². The van der Waals surface area contributed by atoms with Gasteiger partial charge in [0.05, 0.1) is 0 Å². The highest BCUT2D eigenvalue weighted by atomic mass is 79.9. The van der Waals surface area contributed by atoms with E-state index in [1.165, 1.54) is 12.2 Å². The number of aromatic nitrogens is 2. The van der Waals surface area contributed by atoms with E-state index in [4.69, 9.17) is 9.15 Å². The number of amides is 1. The Balaban J connectivity index is 1.41. The number of carbonyl (C=O) groups is 2. The van der Waals surface area contributed by atoms with Gasteiger partial charge in [0.15, 0.2) is 11.3 Å². The fraction of sp³-hybridized carbons (Fsp3) is 0.294. The van der Waals surface area contributed by atoms with E-state index in [0.717, 1.165) is 0 Å². The standard InChI is InChI=1S/C17H17BrN4O4/c18-14-4-2-13(26-14)3-5-16(24)25-12-15(23)21-8-10-22(11-9-21)17-19-6-1-7-20-17/h1-7H,8-12H2/b5-3+. The van der Waals surface area contributed by atoms with E-state index in [1.807, 2.05) is 4.90 Å². The van der Waals surface area contributed by atoms with Crippen LogP contribution in [0.2, 0.25) is 0 Å². The van der Waals surface area contributed by atoms with Crippen molar-refractivity contribution in [1.82, 2.24) is 14.9 Å². The van der Waals surface area contributed by atoms with Crippen LogP contribution in [0.25, 0.3) is 6.08 Å². The highest BCUT2D eigenvalue weighted by Gasteiger charge is 2.22. The van der Waals surface area contributed by atoms with Gasteiger partial charge in [0.25, 0.3) is 5.91 Å². The van der Waals surface area contributed by atoms with Crippen molar-refractivity contribution in [3.8, 4) is 0 Å². The van der Waals surface area contributed by atoms with Gasteiger partial charge in [-0.25, -0.2) is 14.8 Å². The smallest absolute Gasteiger partial charge is 0.331 e. The third kappa shape index (κ3) is 4.92. The molecule has 2 aromatic rings. The summed E-state index contributed by atoms with van der Waals surface area (Å²) in [7, 11) is 0.